The second kappa shape index (κ2) is 5.38. The third-order valence-electron chi connectivity index (χ3n) is 3.93. The predicted molar refractivity (Wildman–Crippen MR) is 82.2 cm³/mol. The number of anilines is 1. The SMILES string of the molecule is Cc1cc(C(=O)N2CCC(Nc3ccc4nccn4n3)C2)no1. The molecule has 1 aliphatic rings. The Morgan fingerprint density at radius 3 is 3.17 bits per heavy atom. The van der Waals surface area contributed by atoms with Crippen LogP contribution >= 0.6 is 0 Å². The Morgan fingerprint density at radius 1 is 1.43 bits per heavy atom. The Morgan fingerprint density at radius 2 is 2.35 bits per heavy atom. The zero-order valence-corrected chi connectivity index (χ0v) is 12.6. The van der Waals surface area contributed by atoms with Gasteiger partial charge in [0, 0.05) is 37.6 Å². The highest BCUT2D eigenvalue weighted by molar-refractivity contribution is 5.92. The van der Waals surface area contributed by atoms with Crippen molar-refractivity contribution in [1.82, 2.24) is 24.7 Å². The number of likely N-dealkylation sites (tertiary alicyclic amines) is 1. The number of carbonyl (C=O) groups excluding carboxylic acids is 1. The van der Waals surface area contributed by atoms with Crippen LogP contribution in [0, 0.1) is 6.92 Å². The zero-order valence-electron chi connectivity index (χ0n) is 12.6. The molecule has 1 fully saturated rings. The minimum absolute atomic E-state index is 0.0934. The molecule has 0 bridgehead atoms. The van der Waals surface area contributed by atoms with E-state index < -0.39 is 0 Å². The molecule has 0 radical (unpaired) electrons. The number of nitrogens with one attached hydrogen (secondary N) is 1. The highest BCUT2D eigenvalue weighted by Crippen LogP contribution is 2.17. The molecule has 8 nitrogen and oxygen atoms in total. The third-order valence-corrected chi connectivity index (χ3v) is 3.93. The maximum atomic E-state index is 12.3. The van der Waals surface area contributed by atoms with E-state index in [9.17, 15) is 4.79 Å². The fraction of sp³-hybridized carbons (Fsp3) is 0.333. The van der Waals surface area contributed by atoms with E-state index in [2.05, 4.69) is 20.6 Å². The van der Waals surface area contributed by atoms with Crippen LogP contribution < -0.4 is 5.32 Å². The smallest absolute Gasteiger partial charge is 0.276 e. The molecule has 1 amide bonds. The molecule has 4 heterocycles. The summed E-state index contributed by atoms with van der Waals surface area (Å²) >= 11 is 0. The number of nitrogens with zero attached hydrogens (tertiary/aromatic N) is 5. The first kappa shape index (κ1) is 13.7. The van der Waals surface area contributed by atoms with Crippen molar-refractivity contribution in [2.45, 2.75) is 19.4 Å². The topological polar surface area (TPSA) is 88.6 Å². The lowest BCUT2D eigenvalue weighted by Gasteiger charge is -2.16. The monoisotopic (exact) mass is 312 g/mol. The normalized spacial score (nSPS) is 17.8. The van der Waals surface area contributed by atoms with Gasteiger partial charge in [-0.25, -0.2) is 9.50 Å². The van der Waals surface area contributed by atoms with Crippen molar-refractivity contribution in [3.8, 4) is 0 Å². The first-order valence-electron chi connectivity index (χ1n) is 7.48. The first-order valence-corrected chi connectivity index (χ1v) is 7.48. The molecular formula is C15H16N6O2. The van der Waals surface area contributed by atoms with Gasteiger partial charge >= 0.3 is 0 Å². The summed E-state index contributed by atoms with van der Waals surface area (Å²) in [5.74, 6) is 1.32. The van der Waals surface area contributed by atoms with Crippen LogP contribution in [0.2, 0.25) is 0 Å². The Kier molecular flexibility index (Phi) is 3.22. The molecule has 23 heavy (non-hydrogen) atoms. The number of rotatable bonds is 3. The summed E-state index contributed by atoms with van der Waals surface area (Å²) in [5.41, 5.74) is 1.17. The number of hydrogen-bond donors (Lipinski definition) is 1. The number of hydrogen-bond acceptors (Lipinski definition) is 6. The van der Waals surface area contributed by atoms with Gasteiger partial charge in [-0.1, -0.05) is 5.16 Å². The Labute approximate surface area is 132 Å². The number of aromatic nitrogens is 4. The van der Waals surface area contributed by atoms with Crippen LogP contribution in [0.3, 0.4) is 0 Å². The zero-order chi connectivity index (χ0) is 15.8. The van der Waals surface area contributed by atoms with Crippen LogP contribution in [0.5, 0.6) is 0 Å². The van der Waals surface area contributed by atoms with E-state index in [1.807, 2.05) is 12.1 Å². The summed E-state index contributed by atoms with van der Waals surface area (Å²) in [6.07, 6.45) is 4.38. The molecule has 0 aromatic carbocycles. The summed E-state index contributed by atoms with van der Waals surface area (Å²) in [6, 6.07) is 5.64. The van der Waals surface area contributed by atoms with Crippen molar-refractivity contribution in [3.63, 3.8) is 0 Å². The van der Waals surface area contributed by atoms with Crippen molar-refractivity contribution in [2.75, 3.05) is 18.4 Å². The van der Waals surface area contributed by atoms with Gasteiger partial charge < -0.3 is 14.7 Å². The van der Waals surface area contributed by atoms with Crippen molar-refractivity contribution in [3.05, 3.63) is 42.0 Å². The maximum Gasteiger partial charge on any atom is 0.276 e. The third kappa shape index (κ3) is 2.63. The first-order chi connectivity index (χ1) is 11.2. The minimum Gasteiger partial charge on any atom is -0.364 e. The molecule has 1 saturated heterocycles. The van der Waals surface area contributed by atoms with E-state index in [4.69, 9.17) is 4.52 Å². The summed E-state index contributed by atoms with van der Waals surface area (Å²) in [4.78, 5) is 18.3. The maximum absolute atomic E-state index is 12.3. The van der Waals surface area contributed by atoms with Gasteiger partial charge in [0.2, 0.25) is 0 Å². The number of amides is 1. The number of aryl methyl sites for hydroxylation is 1. The van der Waals surface area contributed by atoms with Gasteiger partial charge in [0.25, 0.3) is 5.91 Å². The van der Waals surface area contributed by atoms with Gasteiger partial charge in [-0.2, -0.15) is 0 Å². The minimum atomic E-state index is -0.0934. The van der Waals surface area contributed by atoms with Gasteiger partial charge in [0.05, 0.1) is 0 Å². The van der Waals surface area contributed by atoms with E-state index in [-0.39, 0.29) is 11.9 Å². The summed E-state index contributed by atoms with van der Waals surface area (Å²) < 4.78 is 6.69. The Balaban J connectivity index is 1.42. The van der Waals surface area contributed by atoms with Crippen molar-refractivity contribution in [2.24, 2.45) is 0 Å². The predicted octanol–water partition coefficient (Wildman–Crippen LogP) is 1.35. The van der Waals surface area contributed by atoms with Crippen LogP contribution in [0.4, 0.5) is 5.82 Å². The van der Waals surface area contributed by atoms with E-state index in [1.54, 1.807) is 34.8 Å². The number of imidazole rings is 1. The molecule has 0 saturated carbocycles. The quantitative estimate of drug-likeness (QED) is 0.785. The van der Waals surface area contributed by atoms with E-state index in [0.29, 0.717) is 24.5 Å². The van der Waals surface area contributed by atoms with E-state index >= 15 is 0 Å². The van der Waals surface area contributed by atoms with Crippen LogP contribution in [0.25, 0.3) is 5.65 Å². The standard InChI is InChI=1S/C15H16N6O2/c1-10-8-12(19-23-10)15(22)20-6-4-11(9-20)17-13-2-3-14-16-5-7-21(14)18-13/h2-3,5,7-8,11H,4,6,9H2,1H3,(H,17,18). The van der Waals surface area contributed by atoms with Crippen molar-refractivity contribution in [1.29, 1.82) is 0 Å². The average molecular weight is 312 g/mol. The van der Waals surface area contributed by atoms with Crippen molar-refractivity contribution >= 4 is 17.4 Å². The lowest BCUT2D eigenvalue weighted by molar-refractivity contribution is 0.0781. The average Bonchev–Trinajstić information content (AvgIpc) is 3.26. The Bertz CT molecular complexity index is 854. The summed E-state index contributed by atoms with van der Waals surface area (Å²) in [7, 11) is 0. The summed E-state index contributed by atoms with van der Waals surface area (Å²) in [5, 5.41) is 11.6. The molecule has 118 valence electrons. The molecular weight excluding hydrogens is 296 g/mol. The van der Waals surface area contributed by atoms with E-state index in [1.165, 1.54) is 0 Å². The lowest BCUT2D eigenvalue weighted by Crippen LogP contribution is -2.32. The molecule has 1 atom stereocenters. The van der Waals surface area contributed by atoms with Crippen LogP contribution in [0.15, 0.2) is 35.1 Å². The molecule has 0 aliphatic carbocycles. The molecule has 1 unspecified atom stereocenters. The Hall–Kier alpha value is -2.90. The second-order valence-electron chi connectivity index (χ2n) is 5.65. The highest BCUT2D eigenvalue weighted by atomic mass is 16.5. The van der Waals surface area contributed by atoms with Gasteiger partial charge in [-0.15, -0.1) is 5.10 Å². The fourth-order valence-electron chi connectivity index (χ4n) is 2.79. The molecule has 1 N–H and O–H groups in total. The molecule has 0 spiro atoms. The van der Waals surface area contributed by atoms with Crippen LogP contribution in [0.1, 0.15) is 22.7 Å². The van der Waals surface area contributed by atoms with E-state index in [0.717, 1.165) is 17.9 Å². The number of fused-ring (bicyclic) bond motifs is 1. The van der Waals surface area contributed by atoms with Crippen LogP contribution in [-0.4, -0.2) is 49.7 Å². The lowest BCUT2D eigenvalue weighted by atomic mass is 10.2. The van der Waals surface area contributed by atoms with Crippen molar-refractivity contribution < 1.29 is 9.32 Å². The van der Waals surface area contributed by atoms with Gasteiger partial charge in [-0.3, -0.25) is 4.79 Å². The second-order valence-corrected chi connectivity index (χ2v) is 5.65. The molecule has 3 aromatic heterocycles. The summed E-state index contributed by atoms with van der Waals surface area (Å²) in [6.45, 7) is 3.08. The number of carbonyl (C=O) groups is 1. The van der Waals surface area contributed by atoms with Gasteiger partial charge in [0.1, 0.15) is 11.6 Å². The largest absolute Gasteiger partial charge is 0.364 e. The molecule has 8 heteroatoms. The highest BCUT2D eigenvalue weighted by Gasteiger charge is 2.28. The van der Waals surface area contributed by atoms with Gasteiger partial charge in [-0.05, 0) is 25.5 Å². The fourth-order valence-corrected chi connectivity index (χ4v) is 2.79. The molecule has 1 aliphatic heterocycles. The van der Waals surface area contributed by atoms with Gasteiger partial charge in [0.15, 0.2) is 11.3 Å². The van der Waals surface area contributed by atoms with Crippen LogP contribution in [-0.2, 0) is 0 Å². The molecule has 3 aromatic rings. The molecule has 4 rings (SSSR count).